The molecule has 1 aromatic rings. The Hall–Kier alpha value is -1.35. The fraction of sp³-hybridized carbons (Fsp3) is 0.708. The van der Waals surface area contributed by atoms with E-state index in [0.29, 0.717) is 29.5 Å². The number of aliphatic hydroxyl groups excluding tert-OH is 1. The number of benzene rings is 1. The summed E-state index contributed by atoms with van der Waals surface area (Å²) in [5, 5.41) is 9.05. The molecule has 0 saturated heterocycles. The van der Waals surface area contributed by atoms with E-state index in [2.05, 4.69) is 25.1 Å². The number of ketones is 1. The summed E-state index contributed by atoms with van der Waals surface area (Å²) in [4.78, 5) is 13.0. The largest absolute Gasteiger partial charge is 0.497 e. The number of aryl methyl sites for hydroxylation is 1. The maximum absolute atomic E-state index is 13.0. The number of carbonyl (C=O) groups excluding carboxylic acids is 1. The average Bonchev–Trinajstić information content (AvgIpc) is 2.95. The van der Waals surface area contributed by atoms with Crippen molar-refractivity contribution in [3.63, 3.8) is 0 Å². The molecule has 0 spiro atoms. The number of methoxy groups -OCH3 is 1. The molecular weight excluding hydrogens is 336 g/mol. The molecule has 3 heteroatoms. The summed E-state index contributed by atoms with van der Waals surface area (Å²) < 4.78 is 5.43. The quantitative estimate of drug-likeness (QED) is 0.725. The number of hydrogen-bond acceptors (Lipinski definition) is 3. The first-order valence-electron chi connectivity index (χ1n) is 10.9. The minimum atomic E-state index is -0.0905. The number of carbonyl (C=O) groups is 1. The molecule has 3 aliphatic rings. The van der Waals surface area contributed by atoms with Crippen LogP contribution in [-0.4, -0.2) is 24.6 Å². The van der Waals surface area contributed by atoms with E-state index in [1.807, 2.05) is 0 Å². The van der Waals surface area contributed by atoms with Gasteiger partial charge in [0, 0.05) is 18.4 Å². The van der Waals surface area contributed by atoms with Crippen LogP contribution in [0.4, 0.5) is 0 Å². The van der Waals surface area contributed by atoms with Crippen molar-refractivity contribution in [2.45, 2.75) is 70.6 Å². The van der Waals surface area contributed by atoms with Crippen molar-refractivity contribution in [3.05, 3.63) is 29.3 Å². The van der Waals surface area contributed by atoms with Crippen LogP contribution in [0.1, 0.15) is 75.3 Å². The number of fused-ring (bicyclic) bond motifs is 5. The number of rotatable bonds is 6. The molecule has 0 aromatic heterocycles. The highest BCUT2D eigenvalue weighted by Gasteiger charge is 2.58. The van der Waals surface area contributed by atoms with Crippen molar-refractivity contribution in [1.29, 1.82) is 0 Å². The van der Waals surface area contributed by atoms with Crippen LogP contribution in [-0.2, 0) is 11.2 Å². The van der Waals surface area contributed by atoms with Gasteiger partial charge in [0.05, 0.1) is 7.11 Å². The van der Waals surface area contributed by atoms with Crippen molar-refractivity contribution in [3.8, 4) is 5.75 Å². The summed E-state index contributed by atoms with van der Waals surface area (Å²) in [7, 11) is 1.74. The Balaban J connectivity index is 1.58. The van der Waals surface area contributed by atoms with E-state index >= 15 is 0 Å². The van der Waals surface area contributed by atoms with Crippen molar-refractivity contribution < 1.29 is 14.6 Å². The summed E-state index contributed by atoms with van der Waals surface area (Å²) in [6.07, 6.45) is 9.61. The molecule has 2 fully saturated rings. The molecule has 4 rings (SSSR count). The number of unbranched alkanes of at least 4 members (excludes halogenated alkanes) is 2. The molecule has 3 nitrogen and oxygen atoms in total. The molecule has 27 heavy (non-hydrogen) atoms. The second-order valence-corrected chi connectivity index (χ2v) is 9.32. The third-order valence-corrected chi connectivity index (χ3v) is 8.01. The minimum absolute atomic E-state index is 0.0905. The number of Topliss-reactive ketones (excluding diaryl/α,β-unsaturated/α-hetero) is 1. The Kier molecular flexibility index (Phi) is 5.33. The highest BCUT2D eigenvalue weighted by molar-refractivity contribution is 5.87. The average molecular weight is 371 g/mol. The highest BCUT2D eigenvalue weighted by atomic mass is 16.5. The lowest BCUT2D eigenvalue weighted by molar-refractivity contribution is -0.129. The van der Waals surface area contributed by atoms with Crippen molar-refractivity contribution >= 4 is 5.78 Å². The fourth-order valence-corrected chi connectivity index (χ4v) is 6.71. The van der Waals surface area contributed by atoms with Crippen LogP contribution in [0.15, 0.2) is 18.2 Å². The van der Waals surface area contributed by atoms with E-state index in [0.717, 1.165) is 57.1 Å². The predicted molar refractivity (Wildman–Crippen MR) is 107 cm³/mol. The van der Waals surface area contributed by atoms with E-state index in [1.165, 1.54) is 17.5 Å². The number of ether oxygens (including phenoxy) is 1. The van der Waals surface area contributed by atoms with Crippen LogP contribution in [0.3, 0.4) is 0 Å². The lowest BCUT2D eigenvalue weighted by Crippen LogP contribution is -2.44. The third kappa shape index (κ3) is 3.22. The standard InChI is InChI=1S/C24H34O3/c1-24-12-11-20-19-10-8-18(27-2)14-16(19)7-9-21(20)23(24)17(15-22(24)26)6-4-3-5-13-25/h8,10,14,17,20-21,23,25H,3-7,9,11-13,15H2,1-2H3/t17?,20-,21-,23+,24-/m1/s1. The molecule has 0 aliphatic heterocycles. The van der Waals surface area contributed by atoms with Gasteiger partial charge in [0.15, 0.2) is 0 Å². The van der Waals surface area contributed by atoms with Gasteiger partial charge in [-0.3, -0.25) is 4.79 Å². The van der Waals surface area contributed by atoms with E-state index < -0.39 is 0 Å². The van der Waals surface area contributed by atoms with Crippen LogP contribution in [0.2, 0.25) is 0 Å². The molecule has 5 atom stereocenters. The van der Waals surface area contributed by atoms with Gasteiger partial charge in [0.25, 0.3) is 0 Å². The maximum atomic E-state index is 13.0. The van der Waals surface area contributed by atoms with Crippen molar-refractivity contribution in [2.24, 2.45) is 23.2 Å². The van der Waals surface area contributed by atoms with E-state index in [1.54, 1.807) is 7.11 Å². The van der Waals surface area contributed by atoms with E-state index in [9.17, 15) is 4.79 Å². The van der Waals surface area contributed by atoms with Crippen LogP contribution < -0.4 is 4.74 Å². The number of aliphatic hydroxyl groups is 1. The zero-order chi connectivity index (χ0) is 19.0. The first kappa shape index (κ1) is 19.0. The van der Waals surface area contributed by atoms with Crippen molar-refractivity contribution in [2.75, 3.05) is 13.7 Å². The Labute approximate surface area is 163 Å². The second-order valence-electron chi connectivity index (χ2n) is 9.32. The first-order valence-corrected chi connectivity index (χ1v) is 10.9. The van der Waals surface area contributed by atoms with Gasteiger partial charge in [0.1, 0.15) is 11.5 Å². The third-order valence-electron chi connectivity index (χ3n) is 8.01. The molecule has 0 amide bonds. The lowest BCUT2D eigenvalue weighted by Gasteiger charge is -2.50. The second kappa shape index (κ2) is 7.58. The molecule has 3 aliphatic carbocycles. The zero-order valence-electron chi connectivity index (χ0n) is 16.9. The SMILES string of the molecule is COc1ccc2c(c1)CC[C@@H]1[C@@H]2CC[C@]2(C)C(=O)CC(CCCCCO)[C@@H]12. The Bertz CT molecular complexity index is 697. The molecule has 0 heterocycles. The van der Waals surface area contributed by atoms with Gasteiger partial charge in [-0.15, -0.1) is 0 Å². The van der Waals surface area contributed by atoms with Gasteiger partial charge in [-0.1, -0.05) is 25.8 Å². The van der Waals surface area contributed by atoms with Gasteiger partial charge in [-0.25, -0.2) is 0 Å². The number of hydrogen-bond donors (Lipinski definition) is 1. The van der Waals surface area contributed by atoms with Gasteiger partial charge < -0.3 is 9.84 Å². The van der Waals surface area contributed by atoms with Gasteiger partial charge >= 0.3 is 0 Å². The highest BCUT2D eigenvalue weighted by Crippen LogP contribution is 2.62. The normalized spacial score (nSPS) is 34.7. The molecule has 1 N–H and O–H groups in total. The van der Waals surface area contributed by atoms with Gasteiger partial charge in [-0.2, -0.15) is 0 Å². The summed E-state index contributed by atoms with van der Waals surface area (Å²) in [5.74, 6) is 3.86. The monoisotopic (exact) mass is 370 g/mol. The molecule has 0 bridgehead atoms. The van der Waals surface area contributed by atoms with E-state index in [-0.39, 0.29) is 12.0 Å². The minimum Gasteiger partial charge on any atom is -0.497 e. The summed E-state index contributed by atoms with van der Waals surface area (Å²) in [6.45, 7) is 2.56. The van der Waals surface area contributed by atoms with Gasteiger partial charge in [0.2, 0.25) is 0 Å². The predicted octanol–water partition coefficient (Wildman–Crippen LogP) is 4.90. The van der Waals surface area contributed by atoms with Gasteiger partial charge in [-0.05, 0) is 85.5 Å². The van der Waals surface area contributed by atoms with Crippen LogP contribution in [0.5, 0.6) is 5.75 Å². The fourth-order valence-electron chi connectivity index (χ4n) is 6.71. The Morgan fingerprint density at radius 3 is 2.85 bits per heavy atom. The van der Waals surface area contributed by atoms with Crippen LogP contribution in [0, 0.1) is 23.2 Å². The topological polar surface area (TPSA) is 46.5 Å². The smallest absolute Gasteiger partial charge is 0.139 e. The van der Waals surface area contributed by atoms with E-state index in [4.69, 9.17) is 9.84 Å². The summed E-state index contributed by atoms with van der Waals surface area (Å²) >= 11 is 0. The molecular formula is C24H34O3. The molecule has 1 aromatic carbocycles. The summed E-state index contributed by atoms with van der Waals surface area (Å²) in [5.41, 5.74) is 2.89. The zero-order valence-corrected chi connectivity index (χ0v) is 16.9. The Morgan fingerprint density at radius 1 is 1.22 bits per heavy atom. The maximum Gasteiger partial charge on any atom is 0.139 e. The molecule has 2 saturated carbocycles. The molecule has 0 radical (unpaired) electrons. The summed E-state index contributed by atoms with van der Waals surface area (Å²) in [6, 6.07) is 6.63. The Morgan fingerprint density at radius 2 is 2.07 bits per heavy atom. The lowest BCUT2D eigenvalue weighted by atomic mass is 9.54. The molecule has 148 valence electrons. The van der Waals surface area contributed by atoms with Crippen LogP contribution in [0.25, 0.3) is 0 Å². The first-order chi connectivity index (χ1) is 13.1. The van der Waals surface area contributed by atoms with Crippen LogP contribution >= 0.6 is 0 Å². The molecule has 1 unspecified atom stereocenters. The van der Waals surface area contributed by atoms with Crippen molar-refractivity contribution in [1.82, 2.24) is 0 Å².